The molecule has 0 bridgehead atoms. The number of halogens is 1. The molecule has 5 nitrogen and oxygen atoms in total. The van der Waals surface area contributed by atoms with Gasteiger partial charge in [0.15, 0.2) is 0 Å². The second kappa shape index (κ2) is 5.77. The highest BCUT2D eigenvalue weighted by molar-refractivity contribution is 9.10. The van der Waals surface area contributed by atoms with Crippen LogP contribution in [-0.2, 0) is 11.8 Å². The van der Waals surface area contributed by atoms with Crippen molar-refractivity contribution in [1.82, 2.24) is 4.57 Å². The highest BCUT2D eigenvalue weighted by atomic mass is 79.9. The molecule has 1 aromatic heterocycles. The molecule has 106 valence electrons. The van der Waals surface area contributed by atoms with Crippen molar-refractivity contribution in [3.05, 3.63) is 27.1 Å². The molecule has 0 saturated heterocycles. The average Bonchev–Trinajstić information content (AvgIpc) is 2.32. The monoisotopic (exact) mass is 330 g/mol. The zero-order valence-electron chi connectivity index (χ0n) is 11.9. The molecule has 0 aromatic carbocycles. The smallest absolute Gasteiger partial charge is 0.414 e. The van der Waals surface area contributed by atoms with Gasteiger partial charge in [-0.3, -0.25) is 9.69 Å². The Kier molecular flexibility index (Phi) is 4.79. The molecule has 0 atom stereocenters. The van der Waals surface area contributed by atoms with E-state index in [2.05, 4.69) is 15.9 Å². The van der Waals surface area contributed by atoms with Crippen molar-refractivity contribution in [2.75, 3.05) is 11.9 Å². The van der Waals surface area contributed by atoms with Gasteiger partial charge >= 0.3 is 6.09 Å². The van der Waals surface area contributed by atoms with Crippen molar-refractivity contribution in [2.24, 2.45) is 7.05 Å². The van der Waals surface area contributed by atoms with Crippen molar-refractivity contribution in [3.63, 3.8) is 0 Å². The Morgan fingerprint density at radius 1 is 1.53 bits per heavy atom. The van der Waals surface area contributed by atoms with Crippen molar-refractivity contribution < 1.29 is 9.53 Å². The first kappa shape index (κ1) is 15.8. The molecule has 0 aliphatic carbocycles. The van der Waals surface area contributed by atoms with Crippen molar-refractivity contribution in [3.8, 4) is 0 Å². The summed E-state index contributed by atoms with van der Waals surface area (Å²) in [7, 11) is 3.16. The minimum atomic E-state index is -0.553. The van der Waals surface area contributed by atoms with E-state index >= 15 is 0 Å². The van der Waals surface area contributed by atoms with Crippen LogP contribution in [-0.4, -0.2) is 23.3 Å². The summed E-state index contributed by atoms with van der Waals surface area (Å²) in [4.78, 5) is 25.3. The van der Waals surface area contributed by atoms with Gasteiger partial charge < -0.3 is 9.30 Å². The third-order valence-corrected chi connectivity index (χ3v) is 3.41. The van der Waals surface area contributed by atoms with E-state index in [1.165, 1.54) is 16.5 Å². The Hall–Kier alpha value is -1.30. The van der Waals surface area contributed by atoms with E-state index in [4.69, 9.17) is 4.74 Å². The van der Waals surface area contributed by atoms with E-state index < -0.39 is 11.7 Å². The number of rotatable bonds is 3. The third kappa shape index (κ3) is 3.83. The van der Waals surface area contributed by atoms with Crippen LogP contribution in [0.5, 0.6) is 0 Å². The number of anilines is 1. The molecule has 6 heteroatoms. The number of pyridine rings is 1. The van der Waals surface area contributed by atoms with Crippen LogP contribution in [0.15, 0.2) is 21.5 Å². The van der Waals surface area contributed by atoms with Crippen LogP contribution in [0, 0.1) is 0 Å². The quantitative estimate of drug-likeness (QED) is 0.856. The first-order valence-corrected chi connectivity index (χ1v) is 6.80. The van der Waals surface area contributed by atoms with Gasteiger partial charge in [-0.2, -0.15) is 0 Å². The maximum absolute atomic E-state index is 12.0. The SMILES string of the molecule is CCC(C)(C)OC(=O)N(C)c1cc(Br)cn(C)c1=O. The Morgan fingerprint density at radius 3 is 2.63 bits per heavy atom. The summed E-state index contributed by atoms with van der Waals surface area (Å²) >= 11 is 3.30. The molecule has 0 aliphatic heterocycles. The summed E-state index contributed by atoms with van der Waals surface area (Å²) in [5.74, 6) is 0. The zero-order chi connectivity index (χ0) is 14.8. The minimum Gasteiger partial charge on any atom is -0.443 e. The molecule has 0 fully saturated rings. The lowest BCUT2D eigenvalue weighted by atomic mass is 10.1. The van der Waals surface area contributed by atoms with Gasteiger partial charge in [0.05, 0.1) is 0 Å². The molecule has 1 heterocycles. The molecule has 0 radical (unpaired) electrons. The summed E-state index contributed by atoms with van der Waals surface area (Å²) in [6.45, 7) is 5.60. The van der Waals surface area contributed by atoms with Crippen molar-refractivity contribution in [2.45, 2.75) is 32.8 Å². The van der Waals surface area contributed by atoms with Gasteiger partial charge in [0.2, 0.25) is 0 Å². The Labute approximate surface area is 121 Å². The summed E-state index contributed by atoms with van der Waals surface area (Å²) in [5.41, 5.74) is -0.534. The highest BCUT2D eigenvalue weighted by Crippen LogP contribution is 2.19. The molecule has 0 saturated carbocycles. The van der Waals surface area contributed by atoms with Gasteiger partial charge in [-0.1, -0.05) is 6.92 Å². The lowest BCUT2D eigenvalue weighted by molar-refractivity contribution is 0.0419. The Morgan fingerprint density at radius 2 is 2.11 bits per heavy atom. The molecule has 19 heavy (non-hydrogen) atoms. The van der Waals surface area contributed by atoms with E-state index in [-0.39, 0.29) is 11.2 Å². The number of hydrogen-bond donors (Lipinski definition) is 0. The van der Waals surface area contributed by atoms with E-state index in [0.717, 1.165) is 4.47 Å². The molecule has 0 unspecified atom stereocenters. The van der Waals surface area contributed by atoms with Crippen molar-refractivity contribution in [1.29, 1.82) is 0 Å². The van der Waals surface area contributed by atoms with E-state index in [9.17, 15) is 9.59 Å². The van der Waals surface area contributed by atoms with E-state index in [0.29, 0.717) is 6.42 Å². The molecule has 1 rings (SSSR count). The highest BCUT2D eigenvalue weighted by Gasteiger charge is 2.25. The zero-order valence-corrected chi connectivity index (χ0v) is 13.4. The second-order valence-corrected chi connectivity index (χ2v) is 5.92. The largest absolute Gasteiger partial charge is 0.443 e. The number of carbonyl (C=O) groups is 1. The molecular formula is C13H19BrN2O3. The van der Waals surface area contributed by atoms with Crippen LogP contribution < -0.4 is 10.5 Å². The number of aromatic nitrogens is 1. The average molecular weight is 331 g/mol. The number of amides is 1. The topological polar surface area (TPSA) is 51.5 Å². The maximum atomic E-state index is 12.0. The van der Waals surface area contributed by atoms with Gasteiger partial charge in [0, 0.05) is 24.8 Å². The third-order valence-electron chi connectivity index (χ3n) is 2.98. The van der Waals surface area contributed by atoms with Gasteiger partial charge in [-0.15, -0.1) is 0 Å². The number of aryl methyl sites for hydroxylation is 1. The van der Waals surface area contributed by atoms with Crippen LogP contribution in [0.1, 0.15) is 27.2 Å². The molecule has 0 aliphatic rings. The fraction of sp³-hybridized carbons (Fsp3) is 0.538. The lowest BCUT2D eigenvalue weighted by Crippen LogP contribution is -2.38. The van der Waals surface area contributed by atoms with Crippen LogP contribution in [0.4, 0.5) is 10.5 Å². The summed E-state index contributed by atoms with van der Waals surface area (Å²) < 4.78 is 7.49. The Bertz CT molecular complexity index is 537. The molecular weight excluding hydrogens is 312 g/mol. The molecule has 1 amide bonds. The predicted molar refractivity (Wildman–Crippen MR) is 78.6 cm³/mol. The summed E-state index contributed by atoms with van der Waals surface area (Å²) in [6.07, 6.45) is 1.80. The summed E-state index contributed by atoms with van der Waals surface area (Å²) in [5, 5.41) is 0. The molecule has 0 N–H and O–H groups in total. The van der Waals surface area contributed by atoms with Gasteiger partial charge in [-0.05, 0) is 42.3 Å². The first-order valence-electron chi connectivity index (χ1n) is 6.01. The van der Waals surface area contributed by atoms with Crippen LogP contribution in [0.25, 0.3) is 0 Å². The maximum Gasteiger partial charge on any atom is 0.414 e. The Balaban J connectivity index is 3.04. The number of ether oxygens (including phenoxy) is 1. The van der Waals surface area contributed by atoms with Crippen molar-refractivity contribution >= 4 is 27.7 Å². The van der Waals surface area contributed by atoms with Gasteiger partial charge in [-0.25, -0.2) is 4.79 Å². The fourth-order valence-corrected chi connectivity index (χ4v) is 1.89. The lowest BCUT2D eigenvalue weighted by Gasteiger charge is -2.26. The predicted octanol–water partition coefficient (Wildman–Crippen LogP) is 2.91. The molecule has 0 spiro atoms. The standard InChI is InChI=1S/C13H19BrN2O3/c1-6-13(2,3)19-12(18)16(5)10-7-9(14)8-15(4)11(10)17/h7-8H,6H2,1-5H3. The number of carbonyl (C=O) groups excluding carboxylic acids is 1. The minimum absolute atomic E-state index is 0.253. The van der Waals surface area contributed by atoms with Crippen LogP contribution in [0.3, 0.4) is 0 Å². The number of nitrogens with zero attached hydrogens (tertiary/aromatic N) is 2. The summed E-state index contributed by atoms with van der Waals surface area (Å²) in [6, 6.07) is 1.60. The normalized spacial score (nSPS) is 11.3. The van der Waals surface area contributed by atoms with Gasteiger partial charge in [0.1, 0.15) is 11.3 Å². The van der Waals surface area contributed by atoms with Crippen LogP contribution >= 0.6 is 15.9 Å². The van der Waals surface area contributed by atoms with Gasteiger partial charge in [0.25, 0.3) is 5.56 Å². The first-order chi connectivity index (χ1) is 8.68. The molecule has 1 aromatic rings. The van der Waals surface area contributed by atoms with E-state index in [1.54, 1.807) is 19.3 Å². The van der Waals surface area contributed by atoms with E-state index in [1.807, 2.05) is 20.8 Å². The second-order valence-electron chi connectivity index (χ2n) is 5.00. The number of hydrogen-bond acceptors (Lipinski definition) is 3. The fourth-order valence-electron chi connectivity index (χ4n) is 1.37. The van der Waals surface area contributed by atoms with Crippen LogP contribution in [0.2, 0.25) is 0 Å².